The van der Waals surface area contributed by atoms with E-state index in [0.29, 0.717) is 12.5 Å². The molecule has 0 aromatic heterocycles. The number of aliphatic hydroxyl groups is 4. The SMILES string of the molecule is CCCCC[C@@H]1CCN(CCO)[C@H](C(=O)N[C@H](C(C)C)[C@H]2O[C@H]([Sm])[C@H](O)[C@@H](O)[C@H]2O)C1. The number of likely N-dealkylation sites (tertiary alicyclic amines) is 1. The van der Waals surface area contributed by atoms with Gasteiger partial charge in [0.1, 0.15) is 0 Å². The summed E-state index contributed by atoms with van der Waals surface area (Å²) in [6.07, 6.45) is 1.96. The summed E-state index contributed by atoms with van der Waals surface area (Å²) in [7, 11) is 0. The zero-order chi connectivity index (χ0) is 23.1. The molecule has 0 saturated carbocycles. The van der Waals surface area contributed by atoms with E-state index in [9.17, 15) is 25.2 Å². The van der Waals surface area contributed by atoms with E-state index in [4.69, 9.17) is 4.74 Å². The molecule has 2 fully saturated rings. The standard InChI is InChI=1S/C22H41N2O6.Sm/c1-4-5-6-7-15-8-9-24(10-11-25)16(12-15)22(29)23-18(14(2)3)21-20(28)19(27)17(26)13-30-21;/h13-21,25-28H,4-12H2,1-3H3,(H,23,29);/t15-,16+,17+,18-,19-,20-,21-;/m1./s1. The predicted molar refractivity (Wildman–Crippen MR) is 113 cm³/mol. The van der Waals surface area contributed by atoms with Crippen LogP contribution in [0.4, 0.5) is 0 Å². The van der Waals surface area contributed by atoms with Crippen molar-refractivity contribution >= 4 is 5.91 Å². The molecule has 0 bridgehead atoms. The molecule has 0 radical (unpaired) electrons. The van der Waals surface area contributed by atoms with Gasteiger partial charge in [0.15, 0.2) is 0 Å². The second-order valence-corrected chi connectivity index (χ2v) is 10.9. The van der Waals surface area contributed by atoms with Gasteiger partial charge in [0.05, 0.1) is 0 Å². The molecule has 2 rings (SSSR count). The molecule has 8 nitrogen and oxygen atoms in total. The number of piperidine rings is 1. The van der Waals surface area contributed by atoms with Crippen molar-refractivity contribution in [3.05, 3.63) is 0 Å². The topological polar surface area (TPSA) is 122 Å². The molecular weight excluding hydrogens is 539 g/mol. The number of ether oxygens (including phenoxy) is 1. The van der Waals surface area contributed by atoms with Gasteiger partial charge in [0.25, 0.3) is 0 Å². The summed E-state index contributed by atoms with van der Waals surface area (Å²) in [5, 5.41) is 43.4. The average molecular weight is 580 g/mol. The molecule has 0 aromatic carbocycles. The number of nitrogens with one attached hydrogen (secondary N) is 1. The van der Waals surface area contributed by atoms with Crippen molar-refractivity contribution in [1.82, 2.24) is 10.2 Å². The first kappa shape index (κ1) is 27.8. The van der Waals surface area contributed by atoms with Gasteiger partial charge in [0.2, 0.25) is 0 Å². The van der Waals surface area contributed by atoms with Crippen LogP contribution in [0.3, 0.4) is 0 Å². The first-order valence-corrected chi connectivity index (χ1v) is 13.2. The molecule has 0 aromatic rings. The Morgan fingerprint density at radius 3 is 2.52 bits per heavy atom. The molecule has 0 unspecified atom stereocenters. The van der Waals surface area contributed by atoms with E-state index >= 15 is 0 Å². The fourth-order valence-electron chi connectivity index (χ4n) is 4.76. The van der Waals surface area contributed by atoms with E-state index in [-0.39, 0.29) is 24.5 Å². The van der Waals surface area contributed by atoms with Crippen LogP contribution >= 0.6 is 0 Å². The summed E-state index contributed by atoms with van der Waals surface area (Å²) in [4.78, 5) is 15.4. The van der Waals surface area contributed by atoms with Gasteiger partial charge in [-0.05, 0) is 0 Å². The Morgan fingerprint density at radius 1 is 1.19 bits per heavy atom. The quantitative estimate of drug-likeness (QED) is 0.233. The second kappa shape index (κ2) is 13.5. The molecule has 0 spiro atoms. The Balaban J connectivity index is 2.10. The van der Waals surface area contributed by atoms with E-state index in [1.807, 2.05) is 18.7 Å². The number of nitrogens with zero attached hydrogens (tertiary/aromatic N) is 1. The zero-order valence-electron chi connectivity index (χ0n) is 19.0. The number of β-amino-alcohol motifs (C(OH)–C–C–N with tert-alkyl or cyclic N) is 1. The van der Waals surface area contributed by atoms with E-state index in [2.05, 4.69) is 12.2 Å². The van der Waals surface area contributed by atoms with E-state index in [0.717, 1.165) is 64.1 Å². The number of unbranched alkanes of at least 4 members (excludes halogenated alkanes) is 2. The normalized spacial score (nSPS) is 35.8. The van der Waals surface area contributed by atoms with Crippen LogP contribution in [-0.2, 0) is 9.53 Å². The van der Waals surface area contributed by atoms with Crippen LogP contribution in [0.5, 0.6) is 0 Å². The minimum atomic E-state index is -1.30. The molecule has 2 saturated heterocycles. The van der Waals surface area contributed by atoms with Crippen molar-refractivity contribution < 1.29 is 68.3 Å². The monoisotopic (exact) mass is 581 g/mol. The number of rotatable bonds is 10. The van der Waals surface area contributed by atoms with Crippen LogP contribution in [0.1, 0.15) is 59.3 Å². The van der Waals surface area contributed by atoms with Gasteiger partial charge in [0, 0.05) is 0 Å². The summed E-state index contributed by atoms with van der Waals surface area (Å²) < 4.78 is 5.30. The van der Waals surface area contributed by atoms with Crippen molar-refractivity contribution in [3.8, 4) is 0 Å². The van der Waals surface area contributed by atoms with Gasteiger partial charge in [-0.25, -0.2) is 0 Å². The number of carbonyl (C=O) groups is 1. The van der Waals surface area contributed by atoms with Gasteiger partial charge >= 0.3 is 200 Å². The van der Waals surface area contributed by atoms with Crippen LogP contribution in [0.25, 0.3) is 0 Å². The summed E-state index contributed by atoms with van der Waals surface area (Å²) in [6, 6.07) is -0.823. The zero-order valence-corrected chi connectivity index (χ0v) is 21.6. The first-order chi connectivity index (χ1) is 14.7. The Hall–Kier alpha value is 0.568. The average Bonchev–Trinajstić information content (AvgIpc) is 2.74. The Morgan fingerprint density at radius 2 is 1.90 bits per heavy atom. The van der Waals surface area contributed by atoms with Crippen LogP contribution in [0, 0.1) is 50.2 Å². The van der Waals surface area contributed by atoms with Crippen molar-refractivity contribution in [1.29, 1.82) is 0 Å². The Kier molecular flexibility index (Phi) is 12.1. The van der Waals surface area contributed by atoms with Crippen molar-refractivity contribution in [2.24, 2.45) is 11.8 Å². The number of carbonyl (C=O) groups excluding carboxylic acids is 1. The maximum absolute atomic E-state index is 13.4. The summed E-state index contributed by atoms with van der Waals surface area (Å²) in [6.45, 7) is 7.32. The summed E-state index contributed by atoms with van der Waals surface area (Å²) >= 11 is 0.962. The number of amides is 1. The molecule has 0 aliphatic carbocycles. The van der Waals surface area contributed by atoms with Gasteiger partial charge < -0.3 is 0 Å². The predicted octanol–water partition coefficient (Wildman–Crippen LogP) is 0.137. The van der Waals surface area contributed by atoms with Gasteiger partial charge in [-0.3, -0.25) is 0 Å². The Labute approximate surface area is 212 Å². The molecule has 2 heterocycles. The molecule has 1 amide bonds. The van der Waals surface area contributed by atoms with Crippen LogP contribution in [-0.4, -0.2) is 89.2 Å². The molecule has 5 N–H and O–H groups in total. The number of hydrogen-bond acceptors (Lipinski definition) is 7. The fourth-order valence-corrected chi connectivity index (χ4v) is 5.69. The third-order valence-electron chi connectivity index (χ3n) is 6.72. The number of aliphatic hydroxyl groups excluding tert-OH is 4. The molecule has 2 aliphatic heterocycles. The molecule has 9 heteroatoms. The van der Waals surface area contributed by atoms with Gasteiger partial charge in [-0.1, -0.05) is 13.3 Å². The van der Waals surface area contributed by atoms with E-state index in [1.54, 1.807) is 0 Å². The fraction of sp³-hybridized carbons (Fsp3) is 0.955. The molecule has 8 atom stereocenters. The molecule has 2 aliphatic rings. The van der Waals surface area contributed by atoms with Crippen LogP contribution < -0.4 is 5.32 Å². The first-order valence-electron chi connectivity index (χ1n) is 11.7. The Bertz CT molecular complexity index is 554. The minimum absolute atomic E-state index is 0.00666. The second-order valence-electron chi connectivity index (χ2n) is 9.38. The van der Waals surface area contributed by atoms with E-state index < -0.39 is 32.3 Å². The van der Waals surface area contributed by atoms with Crippen molar-refractivity contribution in [2.75, 3.05) is 19.7 Å². The van der Waals surface area contributed by atoms with Gasteiger partial charge in [-0.15, -0.1) is 0 Å². The van der Waals surface area contributed by atoms with Crippen molar-refractivity contribution in [3.63, 3.8) is 0 Å². The molecular formula is C22H41N2O6Sm. The van der Waals surface area contributed by atoms with Crippen molar-refractivity contribution in [2.45, 2.75) is 97.6 Å². The molecule has 181 valence electrons. The van der Waals surface area contributed by atoms with Crippen LogP contribution in [0.2, 0.25) is 0 Å². The maximum atomic E-state index is 13.4. The summed E-state index contributed by atoms with van der Waals surface area (Å²) in [5.74, 6) is 0.332. The third kappa shape index (κ3) is 7.53. The molecule has 31 heavy (non-hydrogen) atoms. The van der Waals surface area contributed by atoms with E-state index in [1.165, 1.54) is 19.3 Å². The van der Waals surface area contributed by atoms with Crippen LogP contribution in [0.15, 0.2) is 0 Å². The number of hydrogen-bond donors (Lipinski definition) is 5. The third-order valence-corrected chi connectivity index (χ3v) is 7.97. The summed E-state index contributed by atoms with van der Waals surface area (Å²) in [5.41, 5.74) is 0. The van der Waals surface area contributed by atoms with Gasteiger partial charge in [-0.2, -0.15) is 0 Å².